The molecule has 0 aromatic carbocycles. The van der Waals surface area contributed by atoms with E-state index < -0.39 is 12.0 Å². The molecule has 1 saturated heterocycles. The van der Waals surface area contributed by atoms with E-state index >= 15 is 0 Å². The van der Waals surface area contributed by atoms with Crippen molar-refractivity contribution in [1.29, 1.82) is 0 Å². The summed E-state index contributed by atoms with van der Waals surface area (Å²) in [4.78, 5) is 24.5. The van der Waals surface area contributed by atoms with Crippen molar-refractivity contribution >= 4 is 12.0 Å². The summed E-state index contributed by atoms with van der Waals surface area (Å²) in [5.74, 6) is -0.910. The highest BCUT2D eigenvalue weighted by Crippen LogP contribution is 2.20. The number of hydrogen-bond acceptors (Lipinski definition) is 2. The van der Waals surface area contributed by atoms with Gasteiger partial charge in [-0.25, -0.2) is 9.59 Å². The van der Waals surface area contributed by atoms with Crippen LogP contribution < -0.4 is 5.32 Å². The van der Waals surface area contributed by atoms with E-state index in [-0.39, 0.29) is 11.6 Å². The van der Waals surface area contributed by atoms with Gasteiger partial charge >= 0.3 is 12.0 Å². The second-order valence-electron chi connectivity index (χ2n) is 4.89. The first-order chi connectivity index (χ1) is 7.93. The molecule has 1 fully saturated rings. The van der Waals surface area contributed by atoms with Gasteiger partial charge in [-0.2, -0.15) is 0 Å². The quantitative estimate of drug-likeness (QED) is 0.790. The molecule has 0 aromatic heterocycles. The lowest BCUT2D eigenvalue weighted by atomic mass is 9.96. The fraction of sp³-hybridized carbons (Fsp3) is 0.833. The molecular weight excluding hydrogens is 220 g/mol. The number of urea groups is 1. The molecule has 0 unspecified atom stereocenters. The first-order valence-corrected chi connectivity index (χ1v) is 6.25. The topological polar surface area (TPSA) is 69.6 Å². The van der Waals surface area contributed by atoms with Crippen molar-refractivity contribution in [2.24, 2.45) is 0 Å². The Morgan fingerprint density at radius 1 is 1.41 bits per heavy atom. The number of nitrogens with zero attached hydrogens (tertiary/aromatic N) is 1. The molecular formula is C12H22N2O3. The molecule has 1 aliphatic heterocycles. The SMILES string of the molecule is CCC(C)(CC)NC(=O)N1CCC[C@@H]1C(=O)O. The average Bonchev–Trinajstić information content (AvgIpc) is 2.77. The van der Waals surface area contributed by atoms with E-state index in [2.05, 4.69) is 5.32 Å². The minimum Gasteiger partial charge on any atom is -0.480 e. The molecule has 0 spiro atoms. The Bertz CT molecular complexity index is 300. The average molecular weight is 242 g/mol. The largest absolute Gasteiger partial charge is 0.480 e. The monoisotopic (exact) mass is 242 g/mol. The zero-order valence-electron chi connectivity index (χ0n) is 10.8. The highest BCUT2D eigenvalue weighted by Gasteiger charge is 2.36. The van der Waals surface area contributed by atoms with Gasteiger partial charge < -0.3 is 15.3 Å². The number of carbonyl (C=O) groups is 2. The summed E-state index contributed by atoms with van der Waals surface area (Å²) in [5, 5.41) is 12.0. The maximum atomic E-state index is 12.0. The van der Waals surface area contributed by atoms with Crippen LogP contribution in [0.15, 0.2) is 0 Å². The molecule has 5 nitrogen and oxygen atoms in total. The third kappa shape index (κ3) is 3.11. The number of likely N-dealkylation sites (tertiary alicyclic amines) is 1. The van der Waals surface area contributed by atoms with Crippen LogP contribution in [0.5, 0.6) is 0 Å². The van der Waals surface area contributed by atoms with Gasteiger partial charge in [-0.15, -0.1) is 0 Å². The van der Waals surface area contributed by atoms with Gasteiger partial charge in [-0.1, -0.05) is 13.8 Å². The third-order valence-corrected chi connectivity index (χ3v) is 3.77. The summed E-state index contributed by atoms with van der Waals surface area (Å²) in [7, 11) is 0. The molecule has 17 heavy (non-hydrogen) atoms. The molecule has 1 heterocycles. The molecule has 1 atom stereocenters. The number of amides is 2. The molecule has 2 amide bonds. The molecule has 0 aromatic rings. The van der Waals surface area contributed by atoms with Crippen molar-refractivity contribution in [3.63, 3.8) is 0 Å². The van der Waals surface area contributed by atoms with Gasteiger partial charge in [0.25, 0.3) is 0 Å². The summed E-state index contributed by atoms with van der Waals surface area (Å²) in [5.41, 5.74) is -0.247. The fourth-order valence-electron chi connectivity index (χ4n) is 2.02. The van der Waals surface area contributed by atoms with Crippen LogP contribution in [-0.4, -0.2) is 40.1 Å². The van der Waals surface area contributed by atoms with E-state index in [0.717, 1.165) is 19.3 Å². The number of carbonyl (C=O) groups excluding carboxylic acids is 1. The second kappa shape index (κ2) is 5.38. The Labute approximate surface area is 102 Å². The van der Waals surface area contributed by atoms with E-state index in [1.165, 1.54) is 4.90 Å². The highest BCUT2D eigenvalue weighted by atomic mass is 16.4. The van der Waals surface area contributed by atoms with Crippen LogP contribution in [0.2, 0.25) is 0 Å². The number of hydrogen-bond donors (Lipinski definition) is 2. The lowest BCUT2D eigenvalue weighted by molar-refractivity contribution is -0.141. The number of carboxylic acids is 1. The molecule has 1 aliphatic rings. The minimum atomic E-state index is -0.910. The highest BCUT2D eigenvalue weighted by molar-refractivity contribution is 5.83. The van der Waals surface area contributed by atoms with Crippen molar-refractivity contribution < 1.29 is 14.7 Å². The number of nitrogens with one attached hydrogen (secondary N) is 1. The third-order valence-electron chi connectivity index (χ3n) is 3.77. The summed E-state index contributed by atoms with van der Waals surface area (Å²) in [6.45, 7) is 6.55. The molecule has 2 N–H and O–H groups in total. The van der Waals surface area contributed by atoms with Crippen LogP contribution >= 0.6 is 0 Å². The Morgan fingerprint density at radius 3 is 2.47 bits per heavy atom. The Hall–Kier alpha value is -1.26. The zero-order valence-corrected chi connectivity index (χ0v) is 10.8. The minimum absolute atomic E-state index is 0.247. The lowest BCUT2D eigenvalue weighted by Crippen LogP contribution is -2.53. The first-order valence-electron chi connectivity index (χ1n) is 6.25. The van der Waals surface area contributed by atoms with Gasteiger partial charge in [-0.3, -0.25) is 0 Å². The molecule has 5 heteroatoms. The predicted octanol–water partition coefficient (Wildman–Crippen LogP) is 1.82. The predicted molar refractivity (Wildman–Crippen MR) is 64.9 cm³/mol. The van der Waals surface area contributed by atoms with Gasteiger partial charge in [0.2, 0.25) is 0 Å². The van der Waals surface area contributed by atoms with E-state index in [1.54, 1.807) is 0 Å². The van der Waals surface area contributed by atoms with Gasteiger partial charge in [0.15, 0.2) is 0 Å². The van der Waals surface area contributed by atoms with Crippen LogP contribution in [0.25, 0.3) is 0 Å². The van der Waals surface area contributed by atoms with Gasteiger partial charge in [0, 0.05) is 12.1 Å². The second-order valence-corrected chi connectivity index (χ2v) is 4.89. The van der Waals surface area contributed by atoms with Crippen molar-refractivity contribution in [2.45, 2.75) is 58.0 Å². The molecule has 0 bridgehead atoms. The Kier molecular flexibility index (Phi) is 4.37. The summed E-state index contributed by atoms with van der Waals surface area (Å²) in [6, 6.07) is -0.908. The van der Waals surface area contributed by atoms with E-state index in [0.29, 0.717) is 13.0 Å². The van der Waals surface area contributed by atoms with Crippen molar-refractivity contribution in [3.8, 4) is 0 Å². The van der Waals surface area contributed by atoms with Crippen LogP contribution in [-0.2, 0) is 4.79 Å². The fourth-order valence-corrected chi connectivity index (χ4v) is 2.02. The Balaban J connectivity index is 2.67. The maximum Gasteiger partial charge on any atom is 0.326 e. The molecule has 98 valence electrons. The van der Waals surface area contributed by atoms with Crippen LogP contribution in [0, 0.1) is 0 Å². The number of aliphatic carboxylic acids is 1. The lowest BCUT2D eigenvalue weighted by Gasteiger charge is -2.32. The molecule has 0 aliphatic carbocycles. The standard InChI is InChI=1S/C12H22N2O3/c1-4-12(3,5-2)13-11(17)14-8-6-7-9(14)10(15)16/h9H,4-8H2,1-3H3,(H,13,17)(H,15,16)/t9-/m1/s1. The summed E-state index contributed by atoms with van der Waals surface area (Å²) >= 11 is 0. The normalized spacial score (nSPS) is 20.4. The van der Waals surface area contributed by atoms with E-state index in [1.807, 2.05) is 20.8 Å². The van der Waals surface area contributed by atoms with Gasteiger partial charge in [-0.05, 0) is 32.6 Å². The summed E-state index contributed by atoms with van der Waals surface area (Å²) < 4.78 is 0. The Morgan fingerprint density at radius 2 is 2.00 bits per heavy atom. The number of carboxylic acid groups (broad SMARTS) is 1. The molecule has 0 radical (unpaired) electrons. The van der Waals surface area contributed by atoms with Crippen molar-refractivity contribution in [1.82, 2.24) is 10.2 Å². The molecule has 1 rings (SSSR count). The van der Waals surface area contributed by atoms with Gasteiger partial charge in [0.05, 0.1) is 0 Å². The van der Waals surface area contributed by atoms with Gasteiger partial charge in [0.1, 0.15) is 6.04 Å². The molecule has 0 saturated carbocycles. The number of rotatable bonds is 4. The van der Waals surface area contributed by atoms with E-state index in [4.69, 9.17) is 5.11 Å². The first kappa shape index (κ1) is 13.8. The summed E-state index contributed by atoms with van der Waals surface area (Å²) in [6.07, 6.45) is 2.98. The van der Waals surface area contributed by atoms with Crippen molar-refractivity contribution in [2.75, 3.05) is 6.54 Å². The van der Waals surface area contributed by atoms with Crippen molar-refractivity contribution in [3.05, 3.63) is 0 Å². The van der Waals surface area contributed by atoms with Crippen LogP contribution in [0.4, 0.5) is 4.79 Å². The maximum absolute atomic E-state index is 12.0. The smallest absolute Gasteiger partial charge is 0.326 e. The van der Waals surface area contributed by atoms with Crippen LogP contribution in [0.1, 0.15) is 46.5 Å². The van der Waals surface area contributed by atoms with Crippen LogP contribution in [0.3, 0.4) is 0 Å². The zero-order chi connectivity index (χ0) is 13.1. The van der Waals surface area contributed by atoms with E-state index in [9.17, 15) is 9.59 Å².